The van der Waals surface area contributed by atoms with Crippen molar-refractivity contribution >= 4 is 17.0 Å². The highest BCUT2D eigenvalue weighted by Crippen LogP contribution is 2.37. The van der Waals surface area contributed by atoms with Crippen molar-refractivity contribution in [3.8, 4) is 0 Å². The van der Waals surface area contributed by atoms with E-state index in [1.165, 1.54) is 4.57 Å². The van der Waals surface area contributed by atoms with E-state index in [2.05, 4.69) is 10.4 Å². The standard InChI is InChI=1S/C18H20N4O4/c1-21-9-12(8-19-21)17(11-6-13(23)7-11)20-16(24)10-22-14-4-2-3-5-15(14)26-18(22)25/h2-5,8-9,11,13,17,23H,6-7,10H2,1H3,(H,20,24)/t11?,13?,17-/m0/s1. The minimum atomic E-state index is -0.557. The van der Waals surface area contributed by atoms with Crippen molar-refractivity contribution in [1.29, 1.82) is 0 Å². The van der Waals surface area contributed by atoms with Crippen LogP contribution >= 0.6 is 0 Å². The minimum Gasteiger partial charge on any atom is -0.408 e. The first-order chi connectivity index (χ1) is 12.5. The third-order valence-corrected chi connectivity index (χ3v) is 4.90. The molecule has 2 N–H and O–H groups in total. The van der Waals surface area contributed by atoms with Gasteiger partial charge in [-0.25, -0.2) is 4.79 Å². The van der Waals surface area contributed by atoms with Gasteiger partial charge in [0.2, 0.25) is 5.91 Å². The Bertz CT molecular complexity index is 996. The second-order valence-corrected chi connectivity index (χ2v) is 6.80. The van der Waals surface area contributed by atoms with Crippen LogP contribution in [0.5, 0.6) is 0 Å². The van der Waals surface area contributed by atoms with E-state index in [4.69, 9.17) is 4.42 Å². The van der Waals surface area contributed by atoms with Crippen molar-refractivity contribution in [2.24, 2.45) is 13.0 Å². The summed E-state index contributed by atoms with van der Waals surface area (Å²) in [5, 5.41) is 16.8. The molecule has 0 aliphatic heterocycles. The summed E-state index contributed by atoms with van der Waals surface area (Å²) in [4.78, 5) is 24.7. The van der Waals surface area contributed by atoms with Gasteiger partial charge in [-0.3, -0.25) is 14.0 Å². The number of nitrogens with zero attached hydrogens (tertiary/aromatic N) is 3. The fraction of sp³-hybridized carbons (Fsp3) is 0.389. The molecule has 2 heterocycles. The van der Waals surface area contributed by atoms with Crippen molar-refractivity contribution in [2.45, 2.75) is 31.5 Å². The highest BCUT2D eigenvalue weighted by molar-refractivity contribution is 5.79. The molecule has 136 valence electrons. The molecule has 1 aliphatic rings. The predicted molar refractivity (Wildman–Crippen MR) is 93.3 cm³/mol. The predicted octanol–water partition coefficient (Wildman–Crippen LogP) is 0.956. The number of aliphatic hydroxyl groups is 1. The first-order valence-electron chi connectivity index (χ1n) is 8.55. The Balaban J connectivity index is 1.54. The normalized spacial score (nSPS) is 20.7. The Kier molecular flexibility index (Phi) is 4.12. The monoisotopic (exact) mass is 356 g/mol. The number of hydrogen-bond acceptors (Lipinski definition) is 5. The molecule has 0 bridgehead atoms. The van der Waals surface area contributed by atoms with E-state index in [0.717, 1.165) is 5.56 Å². The second kappa shape index (κ2) is 6.45. The molecule has 0 spiro atoms. The molecule has 3 aromatic rings. The van der Waals surface area contributed by atoms with Crippen LogP contribution in [-0.4, -0.2) is 31.5 Å². The van der Waals surface area contributed by atoms with Crippen molar-refractivity contribution in [3.63, 3.8) is 0 Å². The van der Waals surface area contributed by atoms with Crippen LogP contribution in [0.25, 0.3) is 11.1 Å². The molecule has 1 amide bonds. The van der Waals surface area contributed by atoms with Gasteiger partial charge in [-0.05, 0) is 30.9 Å². The maximum absolute atomic E-state index is 12.6. The van der Waals surface area contributed by atoms with Crippen LogP contribution in [-0.2, 0) is 18.4 Å². The molecule has 1 fully saturated rings. The molecule has 0 unspecified atom stereocenters. The Morgan fingerprint density at radius 2 is 2.19 bits per heavy atom. The quantitative estimate of drug-likeness (QED) is 0.709. The zero-order valence-electron chi connectivity index (χ0n) is 14.3. The number of para-hydroxylation sites is 2. The van der Waals surface area contributed by atoms with Crippen LogP contribution in [0.3, 0.4) is 0 Å². The fourth-order valence-corrected chi connectivity index (χ4v) is 3.50. The van der Waals surface area contributed by atoms with Gasteiger partial charge in [0.25, 0.3) is 0 Å². The average molecular weight is 356 g/mol. The topological polar surface area (TPSA) is 102 Å². The third kappa shape index (κ3) is 3.03. The highest BCUT2D eigenvalue weighted by atomic mass is 16.4. The summed E-state index contributed by atoms with van der Waals surface area (Å²) in [7, 11) is 1.81. The summed E-state index contributed by atoms with van der Waals surface area (Å²) >= 11 is 0. The van der Waals surface area contributed by atoms with Crippen molar-refractivity contribution in [1.82, 2.24) is 19.7 Å². The summed E-state index contributed by atoms with van der Waals surface area (Å²) in [6.07, 6.45) is 4.52. The first kappa shape index (κ1) is 16.6. The van der Waals surface area contributed by atoms with Crippen LogP contribution in [0.4, 0.5) is 0 Å². The molecule has 0 saturated heterocycles. The van der Waals surface area contributed by atoms with Gasteiger partial charge < -0.3 is 14.8 Å². The summed E-state index contributed by atoms with van der Waals surface area (Å²) < 4.78 is 8.17. The number of benzene rings is 1. The number of rotatable bonds is 5. The number of aliphatic hydroxyl groups excluding tert-OH is 1. The minimum absolute atomic E-state index is 0.123. The number of oxazole rings is 1. The fourth-order valence-electron chi connectivity index (χ4n) is 3.50. The number of carbonyl (C=O) groups is 1. The second-order valence-electron chi connectivity index (χ2n) is 6.80. The molecule has 2 aromatic heterocycles. The summed E-state index contributed by atoms with van der Waals surface area (Å²) in [6, 6.07) is 6.76. The zero-order valence-corrected chi connectivity index (χ0v) is 14.3. The number of aryl methyl sites for hydroxylation is 1. The third-order valence-electron chi connectivity index (χ3n) is 4.90. The number of aromatic nitrogens is 3. The smallest absolute Gasteiger partial charge is 0.408 e. The summed E-state index contributed by atoms with van der Waals surface area (Å²) in [5.41, 5.74) is 1.93. The van der Waals surface area contributed by atoms with Crippen LogP contribution in [0.2, 0.25) is 0 Å². The Morgan fingerprint density at radius 3 is 2.88 bits per heavy atom. The number of fused-ring (bicyclic) bond motifs is 1. The maximum atomic E-state index is 12.6. The lowest BCUT2D eigenvalue weighted by molar-refractivity contribution is -0.123. The van der Waals surface area contributed by atoms with Gasteiger partial charge >= 0.3 is 5.76 Å². The van der Waals surface area contributed by atoms with Crippen LogP contribution in [0, 0.1) is 5.92 Å². The lowest BCUT2D eigenvalue weighted by Gasteiger charge is -2.37. The Hall–Kier alpha value is -2.87. The highest BCUT2D eigenvalue weighted by Gasteiger charge is 2.36. The first-order valence-corrected chi connectivity index (χ1v) is 8.55. The number of carbonyl (C=O) groups excluding carboxylic acids is 1. The van der Waals surface area contributed by atoms with Crippen molar-refractivity contribution in [2.75, 3.05) is 0 Å². The van der Waals surface area contributed by atoms with Crippen LogP contribution < -0.4 is 11.1 Å². The van der Waals surface area contributed by atoms with E-state index in [9.17, 15) is 14.7 Å². The van der Waals surface area contributed by atoms with Gasteiger partial charge in [0.05, 0.1) is 23.9 Å². The largest absolute Gasteiger partial charge is 0.420 e. The summed E-state index contributed by atoms with van der Waals surface area (Å²) in [6.45, 7) is -0.123. The van der Waals surface area contributed by atoms with Crippen LogP contribution in [0.15, 0.2) is 45.9 Å². The zero-order chi connectivity index (χ0) is 18.3. The van der Waals surface area contributed by atoms with E-state index in [-0.39, 0.29) is 30.5 Å². The van der Waals surface area contributed by atoms with E-state index in [1.54, 1.807) is 35.1 Å². The molecule has 26 heavy (non-hydrogen) atoms. The molecule has 1 atom stereocenters. The number of amides is 1. The van der Waals surface area contributed by atoms with Crippen molar-refractivity contribution < 1.29 is 14.3 Å². The Morgan fingerprint density at radius 1 is 1.42 bits per heavy atom. The molecule has 1 saturated carbocycles. The van der Waals surface area contributed by atoms with Gasteiger partial charge in [0, 0.05) is 18.8 Å². The molecular formula is C18H20N4O4. The molecule has 4 rings (SSSR count). The van der Waals surface area contributed by atoms with Gasteiger partial charge in [-0.1, -0.05) is 12.1 Å². The van der Waals surface area contributed by atoms with E-state index >= 15 is 0 Å². The Labute approximate surface area is 149 Å². The molecule has 8 heteroatoms. The summed E-state index contributed by atoms with van der Waals surface area (Å²) in [5.74, 6) is -0.691. The molecule has 0 radical (unpaired) electrons. The van der Waals surface area contributed by atoms with Crippen molar-refractivity contribution in [3.05, 3.63) is 52.8 Å². The molecular weight excluding hydrogens is 336 g/mol. The van der Waals surface area contributed by atoms with Gasteiger partial charge in [-0.15, -0.1) is 0 Å². The molecule has 1 aromatic carbocycles. The lowest BCUT2D eigenvalue weighted by Crippen LogP contribution is -2.42. The maximum Gasteiger partial charge on any atom is 0.420 e. The van der Waals surface area contributed by atoms with Gasteiger partial charge in [0.15, 0.2) is 5.58 Å². The van der Waals surface area contributed by atoms with E-state index in [0.29, 0.717) is 23.9 Å². The van der Waals surface area contributed by atoms with Gasteiger partial charge in [0.1, 0.15) is 6.54 Å². The lowest BCUT2D eigenvalue weighted by atomic mass is 9.75. The molecule has 1 aliphatic carbocycles. The van der Waals surface area contributed by atoms with E-state index < -0.39 is 5.76 Å². The number of hydrogen-bond donors (Lipinski definition) is 2. The average Bonchev–Trinajstić information content (AvgIpc) is 3.14. The SMILES string of the molecule is Cn1cc([C@@H](NC(=O)Cn2c(=O)oc3ccccc32)C2CC(O)C2)cn1. The van der Waals surface area contributed by atoms with E-state index in [1.807, 2.05) is 13.2 Å². The number of nitrogens with one attached hydrogen (secondary N) is 1. The van der Waals surface area contributed by atoms with Gasteiger partial charge in [-0.2, -0.15) is 5.10 Å². The molecule has 8 nitrogen and oxygen atoms in total. The van der Waals surface area contributed by atoms with Crippen LogP contribution in [0.1, 0.15) is 24.4 Å².